The number of hydrogen-bond acceptors (Lipinski definition) is 4. The van der Waals surface area contributed by atoms with Gasteiger partial charge in [-0.1, -0.05) is 0 Å². The number of likely N-dealkylation sites (N-methyl/N-ethyl adjacent to an activating group) is 1. The van der Waals surface area contributed by atoms with E-state index in [1.807, 2.05) is 0 Å². The maximum atomic E-state index is 12.2. The van der Waals surface area contributed by atoms with E-state index in [-0.39, 0.29) is 12.5 Å². The smallest absolute Gasteiger partial charge is 0.255 e. The molecular formula is C14H18N4O2. The van der Waals surface area contributed by atoms with Gasteiger partial charge in [0.25, 0.3) is 5.91 Å². The molecule has 1 amide bonds. The van der Waals surface area contributed by atoms with E-state index in [9.17, 15) is 9.90 Å². The van der Waals surface area contributed by atoms with Crippen LogP contribution in [0.25, 0.3) is 5.82 Å². The van der Waals surface area contributed by atoms with Crippen LogP contribution in [0.5, 0.6) is 0 Å². The maximum absolute atomic E-state index is 12.2. The van der Waals surface area contributed by atoms with E-state index in [0.717, 1.165) is 0 Å². The average molecular weight is 274 g/mol. The number of aliphatic hydroxyl groups is 1. The van der Waals surface area contributed by atoms with Crippen molar-refractivity contribution in [3.63, 3.8) is 0 Å². The summed E-state index contributed by atoms with van der Waals surface area (Å²) < 4.78 is 1.76. The predicted molar refractivity (Wildman–Crippen MR) is 74.6 cm³/mol. The van der Waals surface area contributed by atoms with Crippen LogP contribution in [0.4, 0.5) is 0 Å². The molecule has 0 atom stereocenters. The second-order valence-electron chi connectivity index (χ2n) is 5.35. The molecule has 0 aliphatic carbocycles. The summed E-state index contributed by atoms with van der Waals surface area (Å²) in [6.07, 6.45) is 6.62. The van der Waals surface area contributed by atoms with Gasteiger partial charge in [0.2, 0.25) is 0 Å². The van der Waals surface area contributed by atoms with Gasteiger partial charge >= 0.3 is 0 Å². The molecule has 2 aromatic rings. The molecule has 0 aromatic carbocycles. The molecule has 106 valence electrons. The molecule has 0 radical (unpaired) electrons. The van der Waals surface area contributed by atoms with Gasteiger partial charge < -0.3 is 10.0 Å². The summed E-state index contributed by atoms with van der Waals surface area (Å²) in [6.45, 7) is 3.59. The molecule has 0 saturated heterocycles. The zero-order chi connectivity index (χ0) is 14.8. The highest BCUT2D eigenvalue weighted by Gasteiger charge is 2.20. The number of rotatable bonds is 4. The van der Waals surface area contributed by atoms with E-state index < -0.39 is 5.60 Å². The van der Waals surface area contributed by atoms with Gasteiger partial charge in [-0.25, -0.2) is 9.97 Å². The molecule has 1 N–H and O–H groups in total. The zero-order valence-electron chi connectivity index (χ0n) is 11.8. The fraction of sp³-hybridized carbons (Fsp3) is 0.357. The first-order valence-corrected chi connectivity index (χ1v) is 6.29. The summed E-state index contributed by atoms with van der Waals surface area (Å²) in [5.74, 6) is 0.529. The highest BCUT2D eigenvalue weighted by atomic mass is 16.3. The Labute approximate surface area is 117 Å². The van der Waals surface area contributed by atoms with E-state index >= 15 is 0 Å². The summed E-state index contributed by atoms with van der Waals surface area (Å²) >= 11 is 0. The quantitative estimate of drug-likeness (QED) is 0.906. The molecule has 20 heavy (non-hydrogen) atoms. The molecule has 2 aromatic heterocycles. The normalized spacial score (nSPS) is 11.4. The van der Waals surface area contributed by atoms with Crippen molar-refractivity contribution in [1.29, 1.82) is 0 Å². The predicted octanol–water partition coefficient (Wildman–Crippen LogP) is 1.11. The van der Waals surface area contributed by atoms with Crippen LogP contribution in [0.1, 0.15) is 24.2 Å². The number of nitrogens with zero attached hydrogens (tertiary/aromatic N) is 4. The van der Waals surface area contributed by atoms with Gasteiger partial charge in [0, 0.05) is 32.2 Å². The minimum atomic E-state index is -0.922. The second-order valence-corrected chi connectivity index (χ2v) is 5.35. The van der Waals surface area contributed by atoms with Gasteiger partial charge in [-0.05, 0) is 26.0 Å². The van der Waals surface area contributed by atoms with Crippen LogP contribution in [0.3, 0.4) is 0 Å². The van der Waals surface area contributed by atoms with E-state index in [0.29, 0.717) is 11.4 Å². The van der Waals surface area contributed by atoms with Crippen molar-refractivity contribution in [2.75, 3.05) is 13.6 Å². The third-order valence-corrected chi connectivity index (χ3v) is 2.73. The second kappa shape index (κ2) is 5.42. The number of imidazole rings is 1. The lowest BCUT2D eigenvalue weighted by Gasteiger charge is -2.25. The van der Waals surface area contributed by atoms with Crippen LogP contribution in [0, 0.1) is 0 Å². The summed E-state index contributed by atoms with van der Waals surface area (Å²) in [4.78, 5) is 21.8. The van der Waals surface area contributed by atoms with E-state index in [2.05, 4.69) is 9.97 Å². The van der Waals surface area contributed by atoms with Crippen LogP contribution < -0.4 is 0 Å². The first-order valence-electron chi connectivity index (χ1n) is 6.29. The van der Waals surface area contributed by atoms with E-state index in [1.54, 1.807) is 56.3 Å². The van der Waals surface area contributed by atoms with Crippen molar-refractivity contribution < 1.29 is 9.90 Å². The Hall–Kier alpha value is -2.21. The van der Waals surface area contributed by atoms with Crippen LogP contribution >= 0.6 is 0 Å². The number of pyridine rings is 1. The lowest BCUT2D eigenvalue weighted by molar-refractivity contribution is 0.0367. The fourth-order valence-corrected chi connectivity index (χ4v) is 1.93. The molecule has 0 saturated carbocycles. The van der Waals surface area contributed by atoms with Gasteiger partial charge in [0.05, 0.1) is 11.2 Å². The summed E-state index contributed by atoms with van der Waals surface area (Å²) in [5.41, 5.74) is -0.435. The Morgan fingerprint density at radius 2 is 2.20 bits per heavy atom. The van der Waals surface area contributed by atoms with Crippen LogP contribution in [-0.4, -0.2) is 49.6 Å². The van der Waals surface area contributed by atoms with Gasteiger partial charge in [-0.2, -0.15) is 0 Å². The van der Waals surface area contributed by atoms with Crippen molar-refractivity contribution in [3.05, 3.63) is 42.6 Å². The third kappa shape index (κ3) is 3.42. The average Bonchev–Trinajstić information content (AvgIpc) is 2.90. The first kappa shape index (κ1) is 14.2. The van der Waals surface area contributed by atoms with Gasteiger partial charge in [-0.15, -0.1) is 0 Å². The molecule has 0 spiro atoms. The summed E-state index contributed by atoms with van der Waals surface area (Å²) in [5, 5.41) is 9.73. The highest BCUT2D eigenvalue weighted by Crippen LogP contribution is 2.10. The van der Waals surface area contributed by atoms with Crippen molar-refractivity contribution in [2.24, 2.45) is 0 Å². The molecule has 0 aliphatic rings. The molecule has 6 heteroatoms. The molecule has 0 bridgehead atoms. The fourth-order valence-electron chi connectivity index (χ4n) is 1.93. The topological polar surface area (TPSA) is 71.2 Å². The molecule has 2 rings (SSSR count). The van der Waals surface area contributed by atoms with Crippen molar-refractivity contribution in [2.45, 2.75) is 19.4 Å². The number of hydrogen-bond donors (Lipinski definition) is 1. The zero-order valence-corrected chi connectivity index (χ0v) is 11.8. The lowest BCUT2D eigenvalue weighted by Crippen LogP contribution is -2.39. The van der Waals surface area contributed by atoms with Crippen LogP contribution in [0.2, 0.25) is 0 Å². The molecular weight excluding hydrogens is 256 g/mol. The Bertz CT molecular complexity index is 570. The summed E-state index contributed by atoms with van der Waals surface area (Å²) in [6, 6.07) is 3.47. The molecule has 0 aliphatic heterocycles. The van der Waals surface area contributed by atoms with Gasteiger partial charge in [-0.3, -0.25) is 9.36 Å². The Balaban J connectivity index is 2.12. The standard InChI is InChI=1S/C14H18N4O2/c1-14(2,20)9-17(3)13(19)11-4-5-12(16-8-11)18-7-6-15-10-18/h4-8,10,20H,9H2,1-3H3. The highest BCUT2D eigenvalue weighted by molar-refractivity contribution is 5.93. The molecule has 0 unspecified atom stereocenters. The number of aromatic nitrogens is 3. The molecule has 0 fully saturated rings. The van der Waals surface area contributed by atoms with Gasteiger partial charge in [0.15, 0.2) is 0 Å². The van der Waals surface area contributed by atoms with Crippen LogP contribution in [-0.2, 0) is 0 Å². The monoisotopic (exact) mass is 274 g/mol. The number of amides is 1. The Morgan fingerprint density at radius 1 is 1.45 bits per heavy atom. The maximum Gasteiger partial charge on any atom is 0.255 e. The van der Waals surface area contributed by atoms with Crippen molar-refractivity contribution >= 4 is 5.91 Å². The first-order chi connectivity index (χ1) is 9.37. The van der Waals surface area contributed by atoms with Crippen LogP contribution in [0.15, 0.2) is 37.1 Å². The van der Waals surface area contributed by atoms with E-state index in [1.165, 1.54) is 11.1 Å². The number of carbonyl (C=O) groups excluding carboxylic acids is 1. The lowest BCUT2D eigenvalue weighted by atomic mass is 10.1. The Kier molecular flexibility index (Phi) is 3.85. The minimum Gasteiger partial charge on any atom is -0.389 e. The Morgan fingerprint density at radius 3 is 2.70 bits per heavy atom. The minimum absolute atomic E-state index is 0.170. The van der Waals surface area contributed by atoms with E-state index in [4.69, 9.17) is 0 Å². The third-order valence-electron chi connectivity index (χ3n) is 2.73. The SMILES string of the molecule is CN(CC(C)(C)O)C(=O)c1ccc(-n2ccnc2)nc1. The largest absolute Gasteiger partial charge is 0.389 e. The summed E-state index contributed by atoms with van der Waals surface area (Å²) in [7, 11) is 1.66. The molecule has 2 heterocycles. The van der Waals surface area contributed by atoms with Crippen molar-refractivity contribution in [3.8, 4) is 5.82 Å². The van der Waals surface area contributed by atoms with Crippen molar-refractivity contribution in [1.82, 2.24) is 19.4 Å². The number of carbonyl (C=O) groups is 1. The molecule has 6 nitrogen and oxygen atoms in total. The van der Waals surface area contributed by atoms with Gasteiger partial charge in [0.1, 0.15) is 12.1 Å².